The Bertz CT molecular complexity index is 7620. The van der Waals surface area contributed by atoms with Gasteiger partial charge in [0.2, 0.25) is 11.8 Å². The number of aromatic nitrogens is 10. The monoisotopic (exact) mass is 2000 g/mol. The number of ketones is 8. The van der Waals surface area contributed by atoms with Crippen molar-refractivity contribution in [2.24, 2.45) is 35.1 Å². The van der Waals surface area contributed by atoms with Gasteiger partial charge in [-0.1, -0.05) is 108 Å². The molecule has 740 valence electrons. The number of nitrogens with two attached hydrogens (primary N) is 2. The Hall–Kier alpha value is -13.8. The van der Waals surface area contributed by atoms with Crippen LogP contribution in [0.15, 0.2) is 219 Å². The number of amides is 2. The van der Waals surface area contributed by atoms with E-state index in [0.717, 1.165) is 189 Å². The maximum atomic E-state index is 13.1. The maximum absolute atomic E-state index is 13.1. The van der Waals surface area contributed by atoms with E-state index < -0.39 is 11.8 Å². The molecule has 22 nitrogen and oxygen atoms in total. The summed E-state index contributed by atoms with van der Waals surface area (Å²) in [7, 11) is 0. The first-order valence-electron chi connectivity index (χ1n) is 51.1. The van der Waals surface area contributed by atoms with Gasteiger partial charge in [0.1, 0.15) is 23.0 Å². The number of benzene rings is 6. The molecule has 6 aromatic carbocycles. The molecule has 0 radical (unpaired) electrons. The quantitative estimate of drug-likeness (QED) is 0.0301. The molecule has 26 heteroatoms. The summed E-state index contributed by atoms with van der Waals surface area (Å²) in [5.41, 5.74) is 24.9. The summed E-state index contributed by atoms with van der Waals surface area (Å²) in [5, 5.41) is 0. The highest BCUT2D eigenvalue weighted by Crippen LogP contribution is 2.49. The van der Waals surface area contributed by atoms with Crippen molar-refractivity contribution in [3.05, 3.63) is 291 Å². The molecule has 0 saturated heterocycles. The van der Waals surface area contributed by atoms with Crippen molar-refractivity contribution in [2.75, 3.05) is 0 Å². The third-order valence-corrected chi connectivity index (χ3v) is 33.7. The Labute approximate surface area is 860 Å². The lowest BCUT2D eigenvalue weighted by Crippen LogP contribution is -2.22. The highest BCUT2D eigenvalue weighted by molar-refractivity contribution is 7.15. The standard InChI is InChI=1S/C31H29N3O3S.C30H31N3O3S.C30H31N3O2S.C28H29N3O2S/c1-3-22-13-15-29(38-22)28(36)17-19-8-7-9-21(16-19)34-26-14-12-20(27(35)4-2)18-25(26)33-31(34)24-11-6-5-10-23(24)30(32)37;1-3-26(34)20-12-13-25-24(17-20)32-30(23-10-5-4-9-22(23)29(31)36)33(25)21-8-6-7-19(15-21)16-27(35)28-14-11-18(2)37-28;1-2-26(34)21-11-12-25-24(18-21)32-30(23-8-3-4-15-31-23)33(25)22-7-5-6-19(16-22)17-27(35)29-14-13-28(36-29)20-9-10-20;1-3-25(32)20-11-12-24-23(17-20)30-28(22-9-4-5-14-29-22)31(24)21-8-6-7-19(15-21)16-26(33)27-13-10-18(2)34-27/h1,5-6,10-15,18-19,21H,4,7-9,16-17H2,2H3,(H2,32,37);4-5,9-14,17,19,21H,3,6-8,15-16H2,1-2H3,(H2,31,36);3-4,8,11-15,18-20,22H,2,5-7,9-10,16-17H2,1H3;4-5,9-14,17,19,21H,3,6-8,15-16H2,1-2H3/t2*19-,21+;;19-,21+/m11.1/s1. The van der Waals surface area contributed by atoms with E-state index in [9.17, 15) is 47.9 Å². The summed E-state index contributed by atoms with van der Waals surface area (Å²) in [6.45, 7) is 11.5. The van der Waals surface area contributed by atoms with Crippen LogP contribution in [0, 0.1) is 49.9 Å². The zero-order valence-corrected chi connectivity index (χ0v) is 86.1. The predicted octanol–water partition coefficient (Wildman–Crippen LogP) is 27.9. The fraction of sp³-hybridized carbons (Fsp3) is 0.345. The number of primary amides is 2. The summed E-state index contributed by atoms with van der Waals surface area (Å²) in [4.78, 5) is 163. The fourth-order valence-corrected chi connectivity index (χ4v) is 25.4. The van der Waals surface area contributed by atoms with Crippen LogP contribution in [0.5, 0.6) is 0 Å². The van der Waals surface area contributed by atoms with Crippen LogP contribution < -0.4 is 11.5 Å². The van der Waals surface area contributed by atoms with E-state index >= 15 is 0 Å². The number of hydrogen-bond donors (Lipinski definition) is 2. The SMILES string of the molecule is C#Cc1ccc(C(=O)C[C@@H]2CCC[C@H](n3c(-c4ccccc4C(N)=O)nc4cc(C(=O)CC)ccc43)C2)s1.CCC(=O)c1ccc2c(c1)nc(-c1ccccc1C(N)=O)n2[C@H]1CCC[C@@H](CC(=O)c2ccc(C)s2)C1.CCC(=O)c1ccc2c(c1)nc(-c1ccccn1)n2C1CCCC(CC(=O)c2ccc(C3CC3)s2)C1.CCC(=O)c1ccc2c(c1)nc(-c1ccccn1)n2[C@H]1CCC[C@@H](CC(=O)c2ccc(C)s2)C1. The molecule has 5 aliphatic rings. The van der Waals surface area contributed by atoms with E-state index in [1.54, 1.807) is 70.7 Å². The first kappa shape index (κ1) is 101. The van der Waals surface area contributed by atoms with Crippen molar-refractivity contribution in [3.8, 4) is 58.2 Å². The van der Waals surface area contributed by atoms with Crippen molar-refractivity contribution in [3.63, 3.8) is 0 Å². The van der Waals surface area contributed by atoms with Crippen LogP contribution in [0.3, 0.4) is 0 Å². The third-order valence-electron chi connectivity index (χ3n) is 29.3. The van der Waals surface area contributed by atoms with Gasteiger partial charge in [-0.15, -0.1) is 51.8 Å². The summed E-state index contributed by atoms with van der Waals surface area (Å²) < 4.78 is 9.04. The minimum atomic E-state index is -0.518. The number of terminal acetylenes is 1. The molecule has 5 saturated carbocycles. The number of imidazole rings is 4. The lowest BCUT2D eigenvalue weighted by Gasteiger charge is -2.31. The van der Waals surface area contributed by atoms with Crippen LogP contribution >= 0.6 is 45.3 Å². The third kappa shape index (κ3) is 23.0. The van der Waals surface area contributed by atoms with Crippen molar-refractivity contribution in [2.45, 2.75) is 239 Å². The molecule has 10 heterocycles. The molecule has 0 bridgehead atoms. The number of carbonyl (C=O) groups is 10. The number of fused-ring (bicyclic) bond motifs is 4. The van der Waals surface area contributed by atoms with Crippen LogP contribution in [-0.4, -0.2) is 106 Å². The molecule has 4 N–H and O–H groups in total. The number of pyridine rings is 2. The largest absolute Gasteiger partial charge is 0.366 e. The van der Waals surface area contributed by atoms with Crippen molar-refractivity contribution in [1.82, 2.24) is 48.2 Å². The lowest BCUT2D eigenvalue weighted by molar-refractivity contribution is 0.0937. The van der Waals surface area contributed by atoms with Gasteiger partial charge in [-0.05, 0) is 291 Å². The zero-order valence-electron chi connectivity index (χ0n) is 82.8. The molecule has 8 atom stereocenters. The van der Waals surface area contributed by atoms with Crippen LogP contribution in [-0.2, 0) is 0 Å². The Morgan fingerprint density at radius 3 is 0.952 bits per heavy atom. The summed E-state index contributed by atoms with van der Waals surface area (Å²) in [5.74, 6) is 7.73. The first-order chi connectivity index (χ1) is 70.4. The van der Waals surface area contributed by atoms with E-state index in [4.69, 9.17) is 37.8 Å². The molecule has 145 heavy (non-hydrogen) atoms. The molecule has 0 aliphatic heterocycles. The highest BCUT2D eigenvalue weighted by atomic mass is 32.1. The van der Waals surface area contributed by atoms with E-state index in [1.807, 2.05) is 217 Å². The number of thiophene rings is 4. The molecule has 5 aliphatic carbocycles. The molecule has 2 unspecified atom stereocenters. The van der Waals surface area contributed by atoms with Gasteiger partial charge in [-0.25, -0.2) is 19.9 Å². The van der Waals surface area contributed by atoms with Crippen molar-refractivity contribution in [1.29, 1.82) is 0 Å². The number of aryl methyl sites for hydroxylation is 2. The van der Waals surface area contributed by atoms with Gasteiger partial charge in [0, 0.05) is 136 Å². The van der Waals surface area contributed by atoms with E-state index in [1.165, 1.54) is 33.9 Å². The van der Waals surface area contributed by atoms with Crippen molar-refractivity contribution >= 4 is 148 Å². The Kier molecular flexibility index (Phi) is 31.9. The van der Waals surface area contributed by atoms with Crippen molar-refractivity contribution < 1.29 is 47.9 Å². The lowest BCUT2D eigenvalue weighted by atomic mass is 9.82. The topological polar surface area (TPSA) is 320 Å². The van der Waals surface area contributed by atoms with Crippen LogP contribution in [0.2, 0.25) is 0 Å². The van der Waals surface area contributed by atoms with E-state index in [2.05, 4.69) is 40.2 Å². The number of hydrogen-bond acceptors (Lipinski definition) is 20. The Balaban J connectivity index is 0.000000127. The molecule has 16 aromatic rings. The molecule has 21 rings (SSSR count). The van der Waals surface area contributed by atoms with Gasteiger partial charge < -0.3 is 29.7 Å². The van der Waals surface area contributed by atoms with Gasteiger partial charge in [0.25, 0.3) is 0 Å². The van der Waals surface area contributed by atoms with Gasteiger partial charge in [0.15, 0.2) is 57.9 Å². The summed E-state index contributed by atoms with van der Waals surface area (Å²) in [6.07, 6.45) is 31.4. The van der Waals surface area contributed by atoms with E-state index in [0.29, 0.717) is 141 Å². The smallest absolute Gasteiger partial charge is 0.249 e. The van der Waals surface area contributed by atoms with Gasteiger partial charge >= 0.3 is 0 Å². The van der Waals surface area contributed by atoms with Crippen LogP contribution in [0.25, 0.3) is 89.9 Å². The number of nitrogens with zero attached hydrogens (tertiary/aromatic N) is 10. The molecule has 10 aromatic heterocycles. The Morgan fingerprint density at radius 2 is 0.648 bits per heavy atom. The summed E-state index contributed by atoms with van der Waals surface area (Å²) in [6, 6.07) is 65.7. The second-order valence-electron chi connectivity index (χ2n) is 39.3. The molecular formula is C119H120N12O10S4. The average molecular weight is 2010 g/mol. The molecule has 0 spiro atoms. The number of carbonyl (C=O) groups excluding carboxylic acids is 10. The van der Waals surface area contributed by atoms with Gasteiger partial charge in [-0.3, -0.25) is 57.9 Å². The minimum Gasteiger partial charge on any atom is -0.366 e. The maximum Gasteiger partial charge on any atom is 0.249 e. The van der Waals surface area contributed by atoms with Gasteiger partial charge in [0.05, 0.1) is 79.6 Å². The predicted molar refractivity (Wildman–Crippen MR) is 578 cm³/mol. The molecule has 5 fully saturated rings. The first-order valence-corrected chi connectivity index (χ1v) is 54.4. The highest BCUT2D eigenvalue weighted by Gasteiger charge is 2.37. The van der Waals surface area contributed by atoms with E-state index in [-0.39, 0.29) is 76.5 Å². The van der Waals surface area contributed by atoms with Gasteiger partial charge in [-0.2, -0.15) is 0 Å². The number of Topliss-reactive ketones (excluding diaryl/α,β-unsaturated/α-hetero) is 8. The number of rotatable bonds is 31. The average Bonchev–Trinajstić information content (AvgIpc) is 1.62. The van der Waals surface area contributed by atoms with Crippen LogP contribution in [0.1, 0.15) is 345 Å². The second kappa shape index (κ2) is 45.6. The molecule has 2 amide bonds. The normalized spacial score (nSPS) is 18.3. The summed E-state index contributed by atoms with van der Waals surface area (Å²) >= 11 is 6.22. The fourth-order valence-electron chi connectivity index (χ4n) is 21.9. The molecular weight excluding hydrogens is 1890 g/mol. The zero-order chi connectivity index (χ0) is 101. The van der Waals surface area contributed by atoms with Crippen LogP contribution in [0.4, 0.5) is 0 Å². The minimum absolute atomic E-state index is 0.0540. The second-order valence-corrected chi connectivity index (χ2v) is 44.0. The Morgan fingerprint density at radius 1 is 0.338 bits per heavy atom.